The second kappa shape index (κ2) is 13.3. The van der Waals surface area contributed by atoms with E-state index in [2.05, 4.69) is 60.9 Å². The topological polar surface area (TPSA) is 24.1 Å². The van der Waals surface area contributed by atoms with Gasteiger partial charge < -0.3 is 10.6 Å². The van der Waals surface area contributed by atoms with Crippen molar-refractivity contribution in [1.82, 2.24) is 10.6 Å². The van der Waals surface area contributed by atoms with Gasteiger partial charge in [-0.25, -0.2) is 18.2 Å². The van der Waals surface area contributed by atoms with Crippen LogP contribution < -0.4 is 15.8 Å². The third kappa shape index (κ3) is 6.21. The van der Waals surface area contributed by atoms with E-state index in [1.165, 1.54) is 90.1 Å². The Morgan fingerprint density at radius 3 is 1.98 bits per heavy atom. The van der Waals surface area contributed by atoms with Crippen LogP contribution in [0.1, 0.15) is 68.9 Å². The van der Waals surface area contributed by atoms with Crippen molar-refractivity contribution >= 4 is 31.7 Å². The molecule has 2 nitrogen and oxygen atoms in total. The Morgan fingerprint density at radius 2 is 1.54 bits per heavy atom. The van der Waals surface area contributed by atoms with Gasteiger partial charge in [-0.05, 0) is 118 Å². The Labute approximate surface area is 267 Å². The van der Waals surface area contributed by atoms with Gasteiger partial charge in [0.05, 0.1) is 8.07 Å². The summed E-state index contributed by atoms with van der Waals surface area (Å²) in [6, 6.07) is 15.6. The molecule has 6 heteroatoms. The number of hydrogen-bond acceptors (Lipinski definition) is 2. The molecule has 4 aliphatic carbocycles. The van der Waals surface area contributed by atoms with Gasteiger partial charge in [-0.15, -0.1) is 18.5 Å². The minimum Gasteiger partial charge on any atom is -0.316 e. The molecule has 2 saturated heterocycles. The fourth-order valence-corrected chi connectivity index (χ4v) is 13.1. The smallest absolute Gasteiger partial charge is 0.316 e. The van der Waals surface area contributed by atoms with Crippen molar-refractivity contribution in [2.45, 2.75) is 88.0 Å². The van der Waals surface area contributed by atoms with Gasteiger partial charge in [0.25, 0.3) is 0 Å². The zero-order chi connectivity index (χ0) is 28.0. The van der Waals surface area contributed by atoms with Gasteiger partial charge in [0.1, 0.15) is 0 Å². The molecule has 0 spiro atoms. The van der Waals surface area contributed by atoms with Crippen LogP contribution in [0.3, 0.4) is 0 Å². The molecule has 41 heavy (non-hydrogen) atoms. The molecule has 0 radical (unpaired) electrons. The predicted molar refractivity (Wildman–Crippen MR) is 183 cm³/mol. The molecule has 0 aromatic heterocycles. The van der Waals surface area contributed by atoms with Gasteiger partial charge in [-0.3, -0.25) is 0 Å². The van der Waals surface area contributed by atoms with Crippen LogP contribution in [0.4, 0.5) is 0 Å². The number of nitrogens with one attached hydrogen (secondary N) is 2. The first-order chi connectivity index (χ1) is 19.3. The van der Waals surface area contributed by atoms with Crippen LogP contribution in [0.2, 0.25) is 19.6 Å². The van der Waals surface area contributed by atoms with E-state index < -0.39 is 8.07 Å². The molecule has 8 rings (SSSR count). The van der Waals surface area contributed by atoms with Crippen molar-refractivity contribution in [3.8, 4) is 0 Å². The Hall–Kier alpha value is 0.216. The SMILES string of the molecule is C[Si](C)(C)c1cc(C23CC4CC(CC(C4)C2CP)C3)c(C(P)(C2CCCNC2)C2CCCNC2)[cH-]1.[Fe+2].c1cc[cH-]c1. The van der Waals surface area contributed by atoms with Crippen molar-refractivity contribution in [2.75, 3.05) is 32.3 Å². The van der Waals surface area contributed by atoms with Gasteiger partial charge in [0.2, 0.25) is 0 Å². The number of rotatable bonds is 6. The summed E-state index contributed by atoms with van der Waals surface area (Å²) in [5.74, 6) is 5.29. The van der Waals surface area contributed by atoms with Crippen LogP contribution in [0, 0.1) is 35.5 Å². The van der Waals surface area contributed by atoms with Crippen LogP contribution in [0.25, 0.3) is 0 Å². The van der Waals surface area contributed by atoms with Gasteiger partial charge >= 0.3 is 17.1 Å². The normalized spacial score (nSPS) is 36.1. The third-order valence-corrected chi connectivity index (χ3v) is 15.8. The molecule has 2 aromatic rings. The Kier molecular flexibility index (Phi) is 10.6. The van der Waals surface area contributed by atoms with Crippen molar-refractivity contribution in [3.05, 3.63) is 53.6 Å². The monoisotopic (exact) mass is 650 g/mol. The van der Waals surface area contributed by atoms with E-state index in [1.54, 1.807) is 10.8 Å². The summed E-state index contributed by atoms with van der Waals surface area (Å²) in [6.45, 7) is 12.5. The van der Waals surface area contributed by atoms with Gasteiger partial charge in [-0.2, -0.15) is 40.6 Å². The minimum absolute atomic E-state index is 0. The molecule has 228 valence electrons. The number of piperidine rings is 2. The van der Waals surface area contributed by atoms with Crippen LogP contribution >= 0.6 is 18.5 Å². The van der Waals surface area contributed by atoms with Crippen LogP contribution in [-0.2, 0) is 27.6 Å². The van der Waals surface area contributed by atoms with Crippen LogP contribution in [-0.4, -0.2) is 40.4 Å². The van der Waals surface area contributed by atoms with E-state index in [0.29, 0.717) is 5.41 Å². The summed E-state index contributed by atoms with van der Waals surface area (Å²) in [5, 5.41) is 9.60. The van der Waals surface area contributed by atoms with Crippen molar-refractivity contribution in [3.63, 3.8) is 0 Å². The van der Waals surface area contributed by atoms with Crippen LogP contribution in [0.5, 0.6) is 0 Å². The number of hydrogen-bond donors (Lipinski definition) is 2. The molecule has 4 saturated carbocycles. The maximum atomic E-state index is 3.83. The predicted octanol–water partition coefficient (Wildman–Crippen LogP) is 6.99. The molecule has 7 unspecified atom stereocenters. The molecule has 0 amide bonds. The van der Waals surface area contributed by atoms with E-state index in [9.17, 15) is 0 Å². The second-order valence-corrected chi connectivity index (χ2v) is 21.9. The van der Waals surface area contributed by atoms with Crippen molar-refractivity contribution in [2.24, 2.45) is 35.5 Å². The van der Waals surface area contributed by atoms with E-state index in [1.807, 2.05) is 35.9 Å². The average Bonchev–Trinajstić information content (AvgIpc) is 3.68. The molecule has 7 atom stereocenters. The first-order valence-electron chi connectivity index (χ1n) is 16.6. The van der Waals surface area contributed by atoms with Gasteiger partial charge in [0, 0.05) is 0 Å². The van der Waals surface area contributed by atoms with Crippen molar-refractivity contribution in [1.29, 1.82) is 0 Å². The molecular weight excluding hydrogens is 594 g/mol. The molecule has 2 aliphatic heterocycles. The largest absolute Gasteiger partial charge is 2.00 e. The molecule has 4 bridgehead atoms. The quantitative estimate of drug-likeness (QED) is 0.200. The van der Waals surface area contributed by atoms with Crippen molar-refractivity contribution < 1.29 is 17.1 Å². The Balaban J connectivity index is 0.000000510. The first-order valence-corrected chi connectivity index (χ1v) is 21.5. The summed E-state index contributed by atoms with van der Waals surface area (Å²) in [7, 11) is 5.42. The van der Waals surface area contributed by atoms with Gasteiger partial charge in [-0.1, -0.05) is 37.9 Å². The fraction of sp³-hybridized carbons (Fsp3) is 0.714. The average molecular weight is 651 g/mol. The molecule has 2 N–H and O–H groups in total. The van der Waals surface area contributed by atoms with E-state index in [-0.39, 0.29) is 22.2 Å². The molecule has 2 heterocycles. The summed E-state index contributed by atoms with van der Waals surface area (Å²) in [4.78, 5) is 0. The van der Waals surface area contributed by atoms with E-state index in [0.717, 1.165) is 35.5 Å². The third-order valence-electron chi connectivity index (χ3n) is 12.0. The summed E-state index contributed by atoms with van der Waals surface area (Å²) < 4.78 is 0. The maximum absolute atomic E-state index is 3.83. The first kappa shape index (κ1) is 32.6. The maximum Gasteiger partial charge on any atom is 2.00 e. The Bertz CT molecular complexity index is 1050. The summed E-state index contributed by atoms with van der Waals surface area (Å²) in [6.07, 6.45) is 14.3. The molecule has 2 aromatic carbocycles. The van der Waals surface area contributed by atoms with Crippen LogP contribution in [0.15, 0.2) is 42.5 Å². The second-order valence-electron chi connectivity index (χ2n) is 15.4. The zero-order valence-electron chi connectivity index (χ0n) is 25.9. The molecule has 6 fully saturated rings. The molecular formula is C35H56FeN2P2Si. The standard InChI is InChI=1S/C30H51N2P2Si.C5H5.Fe/c1-35(2,3)25-13-26(29-15-20-10-21(16-29)12-22(11-20)28(29)19-33)27(14-25)30(34,23-6-4-8-31-17-23)24-7-5-9-32-18-24;1-2-4-5-3-1;/h13-14,20-24,28,31-32H,4-12,15-19,33-34H2,1-3H3;1-5H;/q2*-1;+2. The summed E-state index contributed by atoms with van der Waals surface area (Å²) >= 11 is 0. The minimum atomic E-state index is -1.41. The Morgan fingerprint density at radius 1 is 0.951 bits per heavy atom. The van der Waals surface area contributed by atoms with E-state index in [4.69, 9.17) is 0 Å². The zero-order valence-corrected chi connectivity index (χ0v) is 30.3. The fourth-order valence-electron chi connectivity index (χ4n) is 10.3. The molecule has 6 aliphatic rings. The van der Waals surface area contributed by atoms with Gasteiger partial charge in [0.15, 0.2) is 0 Å². The summed E-state index contributed by atoms with van der Waals surface area (Å²) in [5.41, 5.74) is 4.09. The van der Waals surface area contributed by atoms with E-state index >= 15 is 0 Å².